The van der Waals surface area contributed by atoms with Crippen molar-refractivity contribution in [1.29, 1.82) is 0 Å². The molecule has 0 atom stereocenters. The van der Waals surface area contributed by atoms with Crippen LogP contribution in [0.2, 0.25) is 5.02 Å². The molecule has 3 aromatic rings. The molecule has 0 radical (unpaired) electrons. The van der Waals surface area contributed by atoms with Crippen LogP contribution < -0.4 is 4.74 Å². The van der Waals surface area contributed by atoms with Gasteiger partial charge in [0.25, 0.3) is 5.91 Å². The number of carbonyl (C=O) groups is 1. The van der Waals surface area contributed by atoms with E-state index in [0.29, 0.717) is 54.7 Å². The molecule has 1 aromatic carbocycles. The SMILES string of the molecule is Cc1nc2c3c(nn2c(C)c1Cl)CN(C(=O)c1ccc(F)cc1OC1CN(CCO)C1)C3. The summed E-state index contributed by atoms with van der Waals surface area (Å²) in [5, 5.41) is 14.2. The molecule has 0 unspecified atom stereocenters. The summed E-state index contributed by atoms with van der Waals surface area (Å²) in [4.78, 5) is 21.6. The molecular weight excluding hydrogens is 437 g/mol. The number of β-amino-alcohol motifs (C(OH)–C–C–N with tert-alkyl or cyclic N) is 1. The normalized spacial score (nSPS) is 16.5. The van der Waals surface area contributed by atoms with Gasteiger partial charge >= 0.3 is 0 Å². The summed E-state index contributed by atoms with van der Waals surface area (Å²) >= 11 is 6.31. The highest BCUT2D eigenvalue weighted by molar-refractivity contribution is 6.31. The molecular formula is C22H23ClFN5O3. The molecule has 32 heavy (non-hydrogen) atoms. The van der Waals surface area contributed by atoms with Crippen LogP contribution in [0.25, 0.3) is 5.65 Å². The molecule has 0 aliphatic carbocycles. The first-order chi connectivity index (χ1) is 15.4. The standard InChI is InChI=1S/C22H23ClFN5O3/c1-12-20(23)13(2)29-21(25-12)17-10-28(11-18(17)26-29)22(31)16-4-3-14(24)7-19(16)32-15-8-27(9-15)5-6-30/h3-4,7,15,30H,5-6,8-11H2,1-2H3. The Balaban J connectivity index is 1.38. The van der Waals surface area contributed by atoms with E-state index in [9.17, 15) is 9.18 Å². The Morgan fingerprint density at radius 3 is 2.84 bits per heavy atom. The van der Waals surface area contributed by atoms with E-state index < -0.39 is 5.82 Å². The van der Waals surface area contributed by atoms with Crippen LogP contribution in [0.3, 0.4) is 0 Å². The highest BCUT2D eigenvalue weighted by Crippen LogP contribution is 2.32. The number of fused-ring (bicyclic) bond motifs is 3. The Bertz CT molecular complexity index is 1220. The molecule has 0 bridgehead atoms. The van der Waals surface area contributed by atoms with Crippen molar-refractivity contribution in [2.45, 2.75) is 33.0 Å². The zero-order valence-corrected chi connectivity index (χ0v) is 18.6. The summed E-state index contributed by atoms with van der Waals surface area (Å²) in [6.07, 6.45) is -0.144. The molecule has 10 heteroatoms. The highest BCUT2D eigenvalue weighted by atomic mass is 35.5. The Hall–Kier alpha value is -2.75. The van der Waals surface area contributed by atoms with Gasteiger partial charge in [-0.1, -0.05) is 11.6 Å². The van der Waals surface area contributed by atoms with E-state index in [-0.39, 0.29) is 24.4 Å². The minimum Gasteiger partial charge on any atom is -0.487 e. The molecule has 2 aliphatic rings. The second-order valence-corrected chi connectivity index (χ2v) is 8.66. The number of nitrogens with zero attached hydrogens (tertiary/aromatic N) is 5. The number of halogens is 2. The lowest BCUT2D eigenvalue weighted by Crippen LogP contribution is -2.54. The number of carbonyl (C=O) groups excluding carboxylic acids is 1. The molecule has 2 aromatic heterocycles. The van der Waals surface area contributed by atoms with Gasteiger partial charge in [-0.2, -0.15) is 5.10 Å². The van der Waals surface area contributed by atoms with Crippen molar-refractivity contribution in [2.24, 2.45) is 0 Å². The van der Waals surface area contributed by atoms with Crippen LogP contribution in [0.15, 0.2) is 18.2 Å². The van der Waals surface area contributed by atoms with Gasteiger partial charge in [0.2, 0.25) is 0 Å². The number of rotatable bonds is 5. The quantitative estimate of drug-likeness (QED) is 0.630. The Morgan fingerprint density at radius 1 is 1.31 bits per heavy atom. The van der Waals surface area contributed by atoms with Crippen molar-refractivity contribution < 1.29 is 19.0 Å². The summed E-state index contributed by atoms with van der Waals surface area (Å²) in [6.45, 7) is 6.33. The van der Waals surface area contributed by atoms with Gasteiger partial charge in [0.1, 0.15) is 17.7 Å². The fourth-order valence-corrected chi connectivity index (χ4v) is 4.42. The average Bonchev–Trinajstić information content (AvgIpc) is 3.29. The molecule has 4 heterocycles. The van der Waals surface area contributed by atoms with E-state index >= 15 is 0 Å². The maximum Gasteiger partial charge on any atom is 0.258 e. The molecule has 2 aliphatic heterocycles. The van der Waals surface area contributed by atoms with Crippen LogP contribution in [0.4, 0.5) is 4.39 Å². The number of aromatic nitrogens is 3. The smallest absolute Gasteiger partial charge is 0.258 e. The van der Waals surface area contributed by atoms with E-state index in [1.54, 1.807) is 9.42 Å². The number of hydrogen-bond acceptors (Lipinski definition) is 6. The van der Waals surface area contributed by atoms with Crippen LogP contribution in [-0.4, -0.2) is 67.8 Å². The largest absolute Gasteiger partial charge is 0.487 e. The first-order valence-corrected chi connectivity index (χ1v) is 10.9. The van der Waals surface area contributed by atoms with Gasteiger partial charge in [-0.25, -0.2) is 13.9 Å². The zero-order valence-electron chi connectivity index (χ0n) is 17.8. The van der Waals surface area contributed by atoms with Crippen molar-refractivity contribution in [2.75, 3.05) is 26.2 Å². The summed E-state index contributed by atoms with van der Waals surface area (Å²) < 4.78 is 21.6. The number of ether oxygens (including phenoxy) is 1. The molecule has 0 saturated carbocycles. The van der Waals surface area contributed by atoms with Gasteiger partial charge in [0, 0.05) is 31.3 Å². The van der Waals surface area contributed by atoms with E-state index in [0.717, 1.165) is 17.0 Å². The molecule has 168 valence electrons. The van der Waals surface area contributed by atoms with E-state index in [2.05, 4.69) is 10.1 Å². The summed E-state index contributed by atoms with van der Waals surface area (Å²) in [5.41, 5.74) is 4.21. The van der Waals surface area contributed by atoms with Crippen molar-refractivity contribution in [3.63, 3.8) is 0 Å². The topological polar surface area (TPSA) is 83.2 Å². The molecule has 1 fully saturated rings. The van der Waals surface area contributed by atoms with Gasteiger partial charge in [-0.05, 0) is 26.0 Å². The zero-order chi connectivity index (χ0) is 22.6. The van der Waals surface area contributed by atoms with Gasteiger partial charge in [0.15, 0.2) is 5.65 Å². The predicted molar refractivity (Wildman–Crippen MR) is 115 cm³/mol. The third-order valence-electron chi connectivity index (χ3n) is 6.05. The molecule has 1 saturated heterocycles. The number of aryl methyl sites for hydroxylation is 2. The molecule has 1 N–H and O–H groups in total. The first-order valence-electron chi connectivity index (χ1n) is 10.5. The van der Waals surface area contributed by atoms with Crippen LogP contribution in [0, 0.1) is 19.7 Å². The Morgan fingerprint density at radius 2 is 2.09 bits per heavy atom. The third kappa shape index (κ3) is 3.50. The van der Waals surface area contributed by atoms with Crippen molar-refractivity contribution in [3.8, 4) is 5.75 Å². The molecule has 1 amide bonds. The highest BCUT2D eigenvalue weighted by Gasteiger charge is 2.33. The van der Waals surface area contributed by atoms with E-state index in [1.165, 1.54) is 18.2 Å². The number of benzene rings is 1. The van der Waals surface area contributed by atoms with Crippen molar-refractivity contribution in [3.05, 3.63) is 57.2 Å². The maximum absolute atomic E-state index is 13.9. The number of amides is 1. The summed E-state index contributed by atoms with van der Waals surface area (Å²) in [6, 6.07) is 3.99. The second-order valence-electron chi connectivity index (χ2n) is 8.28. The maximum atomic E-state index is 13.9. The number of aliphatic hydroxyl groups is 1. The third-order valence-corrected chi connectivity index (χ3v) is 6.60. The lowest BCUT2D eigenvalue weighted by Gasteiger charge is -2.38. The second kappa shape index (κ2) is 7.99. The predicted octanol–water partition coefficient (Wildman–Crippen LogP) is 2.35. The number of hydrogen-bond donors (Lipinski definition) is 1. The molecule has 8 nitrogen and oxygen atoms in total. The lowest BCUT2D eigenvalue weighted by molar-refractivity contribution is 0.00984. The Kier molecular flexibility index (Phi) is 5.27. The minimum absolute atomic E-state index is 0.0790. The summed E-state index contributed by atoms with van der Waals surface area (Å²) in [7, 11) is 0. The van der Waals surface area contributed by atoms with E-state index in [1.807, 2.05) is 18.7 Å². The van der Waals surface area contributed by atoms with Gasteiger partial charge in [0.05, 0.1) is 47.4 Å². The van der Waals surface area contributed by atoms with Crippen molar-refractivity contribution >= 4 is 23.2 Å². The van der Waals surface area contributed by atoms with Crippen LogP contribution in [-0.2, 0) is 13.1 Å². The van der Waals surface area contributed by atoms with Gasteiger partial charge in [-0.15, -0.1) is 0 Å². The number of aliphatic hydroxyl groups excluding tert-OH is 1. The van der Waals surface area contributed by atoms with Crippen molar-refractivity contribution in [1.82, 2.24) is 24.4 Å². The van der Waals surface area contributed by atoms with Gasteiger partial charge in [-0.3, -0.25) is 9.69 Å². The fourth-order valence-electron chi connectivity index (χ4n) is 4.30. The summed E-state index contributed by atoms with van der Waals surface area (Å²) in [5.74, 6) is -0.471. The average molecular weight is 460 g/mol. The van der Waals surface area contributed by atoms with Crippen LogP contribution in [0.5, 0.6) is 5.75 Å². The fraction of sp³-hybridized carbons (Fsp3) is 0.409. The monoisotopic (exact) mass is 459 g/mol. The van der Waals surface area contributed by atoms with Crippen LogP contribution in [0.1, 0.15) is 33.0 Å². The Labute approximate surface area is 189 Å². The number of likely N-dealkylation sites (tertiary alicyclic amines) is 1. The van der Waals surface area contributed by atoms with Crippen LogP contribution >= 0.6 is 11.6 Å². The van der Waals surface area contributed by atoms with Gasteiger partial charge < -0.3 is 14.7 Å². The van der Waals surface area contributed by atoms with E-state index in [4.69, 9.17) is 21.4 Å². The molecule has 0 spiro atoms. The first kappa shape index (κ1) is 21.1. The molecule has 5 rings (SSSR count). The lowest BCUT2D eigenvalue weighted by atomic mass is 10.1. The minimum atomic E-state index is -0.461.